The fourth-order valence-electron chi connectivity index (χ4n) is 3.80. The highest BCUT2D eigenvalue weighted by atomic mass is 28.3. The van der Waals surface area contributed by atoms with Crippen LogP contribution in [-0.4, -0.2) is 48.4 Å². The normalized spacial score (nSPS) is 12.2. The van der Waals surface area contributed by atoms with Gasteiger partial charge in [0.2, 0.25) is 0 Å². The number of ether oxygens (including phenoxy) is 3. The molecule has 3 aromatic rings. The molecule has 0 N–H and O–H groups in total. The van der Waals surface area contributed by atoms with Crippen molar-refractivity contribution < 1.29 is 32.2 Å². The molecule has 0 saturated carbocycles. The molecule has 0 aliphatic heterocycles. The number of halogens is 3. The van der Waals surface area contributed by atoms with E-state index in [9.17, 15) is 18.0 Å². The Kier molecular flexibility index (Phi) is 8.45. The molecule has 0 spiro atoms. The summed E-state index contributed by atoms with van der Waals surface area (Å²) in [5, 5.41) is 0. The summed E-state index contributed by atoms with van der Waals surface area (Å²) in [5.41, 5.74) is 0.949. The second kappa shape index (κ2) is 11.0. The van der Waals surface area contributed by atoms with Gasteiger partial charge in [-0.15, -0.1) is 0 Å². The lowest BCUT2D eigenvalue weighted by molar-refractivity contribution is -0.137. The number of carbonyl (C=O) groups is 1. The van der Waals surface area contributed by atoms with Gasteiger partial charge in [-0.05, 0) is 45.0 Å². The van der Waals surface area contributed by atoms with Crippen LogP contribution in [0.15, 0.2) is 24.5 Å². The minimum absolute atomic E-state index is 0.0789. The van der Waals surface area contributed by atoms with E-state index < -0.39 is 25.8 Å². The summed E-state index contributed by atoms with van der Waals surface area (Å²) in [5.74, 6) is -0.326. The van der Waals surface area contributed by atoms with E-state index in [0.717, 1.165) is 18.2 Å². The number of hydrogen-bond acceptors (Lipinski definition) is 6. The topological polar surface area (TPSA) is 75.5 Å². The fourth-order valence-corrected chi connectivity index (χ4v) is 4.56. The Balaban J connectivity index is 2.25. The maximum atomic E-state index is 13.6. The summed E-state index contributed by atoms with van der Waals surface area (Å²) in [6, 6.07) is 4.20. The molecule has 0 bridgehead atoms. The standard InChI is InChI=1S/C25H32F3N3O4Si/c1-7-34-19-10-9-17(25(26,27)28)13-18(19)21-23-22(30-14-29-21)20(24(32)35-8-2)16(3)31(23)15-33-11-12-36(4,5)6/h9-10,13-14H,7-8,11-12,15H2,1-6H3. The Hall–Kier alpha value is -2.92. The maximum Gasteiger partial charge on any atom is 0.416 e. The van der Waals surface area contributed by atoms with E-state index in [1.54, 1.807) is 25.3 Å². The van der Waals surface area contributed by atoms with Crippen LogP contribution in [0.3, 0.4) is 0 Å². The lowest BCUT2D eigenvalue weighted by Gasteiger charge is -2.17. The second-order valence-corrected chi connectivity index (χ2v) is 15.1. The molecular formula is C25H32F3N3O4Si. The molecule has 3 rings (SSSR count). The fraction of sp³-hybridized carbons (Fsp3) is 0.480. The highest BCUT2D eigenvalue weighted by molar-refractivity contribution is 6.76. The molecule has 2 heterocycles. The second-order valence-electron chi connectivity index (χ2n) is 9.52. The van der Waals surface area contributed by atoms with Gasteiger partial charge in [-0.2, -0.15) is 13.2 Å². The number of esters is 1. The van der Waals surface area contributed by atoms with Crippen LogP contribution in [0.2, 0.25) is 25.7 Å². The smallest absolute Gasteiger partial charge is 0.416 e. The van der Waals surface area contributed by atoms with Gasteiger partial charge in [-0.25, -0.2) is 14.8 Å². The number of hydrogen-bond donors (Lipinski definition) is 0. The van der Waals surface area contributed by atoms with Crippen molar-refractivity contribution >= 4 is 25.1 Å². The van der Waals surface area contributed by atoms with E-state index in [0.29, 0.717) is 17.8 Å². The molecule has 0 fully saturated rings. The maximum absolute atomic E-state index is 13.6. The van der Waals surface area contributed by atoms with Crippen LogP contribution in [0.1, 0.15) is 35.5 Å². The average Bonchev–Trinajstić information content (AvgIpc) is 3.07. The van der Waals surface area contributed by atoms with Crippen molar-refractivity contribution in [1.29, 1.82) is 0 Å². The zero-order valence-corrected chi connectivity index (χ0v) is 22.5. The molecule has 1 aromatic carbocycles. The van der Waals surface area contributed by atoms with Crippen molar-refractivity contribution in [3.05, 3.63) is 41.3 Å². The van der Waals surface area contributed by atoms with Gasteiger partial charge < -0.3 is 18.8 Å². The Morgan fingerprint density at radius 2 is 1.83 bits per heavy atom. The third-order valence-electron chi connectivity index (χ3n) is 5.65. The van der Waals surface area contributed by atoms with Gasteiger partial charge in [0.05, 0.1) is 24.3 Å². The first-order chi connectivity index (χ1) is 16.9. The van der Waals surface area contributed by atoms with Gasteiger partial charge in [0, 0.05) is 25.9 Å². The molecule has 0 unspecified atom stereocenters. The lowest BCUT2D eigenvalue weighted by atomic mass is 10.0. The van der Waals surface area contributed by atoms with E-state index in [1.165, 1.54) is 12.4 Å². The first-order valence-electron chi connectivity index (χ1n) is 11.8. The largest absolute Gasteiger partial charge is 0.493 e. The molecule has 196 valence electrons. The zero-order valence-electron chi connectivity index (χ0n) is 21.5. The SMILES string of the molecule is CCOC(=O)c1c(C)n(COCC[Si](C)(C)C)c2c(-c3cc(C(F)(F)F)ccc3OCC)ncnc12. The first kappa shape index (κ1) is 27.7. The molecule has 36 heavy (non-hydrogen) atoms. The molecule has 0 amide bonds. The number of rotatable bonds is 10. The highest BCUT2D eigenvalue weighted by Crippen LogP contribution is 2.40. The minimum Gasteiger partial charge on any atom is -0.493 e. The van der Waals surface area contributed by atoms with Gasteiger partial charge in [0.1, 0.15) is 35.6 Å². The van der Waals surface area contributed by atoms with E-state index >= 15 is 0 Å². The van der Waals surface area contributed by atoms with Crippen molar-refractivity contribution in [3.63, 3.8) is 0 Å². The number of alkyl halides is 3. The number of carbonyl (C=O) groups excluding carboxylic acids is 1. The minimum atomic E-state index is -4.56. The Morgan fingerprint density at radius 3 is 2.44 bits per heavy atom. The summed E-state index contributed by atoms with van der Waals surface area (Å²) in [4.78, 5) is 21.5. The van der Waals surface area contributed by atoms with Crippen molar-refractivity contribution in [2.45, 2.75) is 59.4 Å². The van der Waals surface area contributed by atoms with Crippen LogP contribution < -0.4 is 4.74 Å². The Morgan fingerprint density at radius 1 is 1.11 bits per heavy atom. The third kappa shape index (κ3) is 6.07. The summed E-state index contributed by atoms with van der Waals surface area (Å²) >= 11 is 0. The van der Waals surface area contributed by atoms with Crippen molar-refractivity contribution in [2.24, 2.45) is 0 Å². The monoisotopic (exact) mass is 523 g/mol. The molecular weight excluding hydrogens is 491 g/mol. The van der Waals surface area contributed by atoms with Crippen LogP contribution >= 0.6 is 0 Å². The molecule has 2 aromatic heterocycles. The average molecular weight is 524 g/mol. The number of fused-ring (bicyclic) bond motifs is 1. The molecule has 11 heteroatoms. The van der Waals surface area contributed by atoms with Crippen LogP contribution in [0.25, 0.3) is 22.3 Å². The first-order valence-corrected chi connectivity index (χ1v) is 15.5. The van der Waals surface area contributed by atoms with E-state index in [2.05, 4.69) is 29.6 Å². The third-order valence-corrected chi connectivity index (χ3v) is 7.36. The highest BCUT2D eigenvalue weighted by Gasteiger charge is 2.33. The van der Waals surface area contributed by atoms with E-state index in [-0.39, 0.29) is 48.0 Å². The number of nitrogens with zero attached hydrogens (tertiary/aromatic N) is 3. The van der Waals surface area contributed by atoms with Gasteiger partial charge in [0.25, 0.3) is 0 Å². The van der Waals surface area contributed by atoms with Crippen molar-refractivity contribution in [2.75, 3.05) is 19.8 Å². The molecule has 0 aliphatic rings. The van der Waals surface area contributed by atoms with Crippen molar-refractivity contribution in [1.82, 2.24) is 14.5 Å². The van der Waals surface area contributed by atoms with Crippen molar-refractivity contribution in [3.8, 4) is 17.0 Å². The molecule has 0 radical (unpaired) electrons. The number of aromatic nitrogens is 3. The Labute approximate surface area is 209 Å². The van der Waals surface area contributed by atoms with E-state index in [4.69, 9.17) is 14.2 Å². The molecule has 0 aliphatic carbocycles. The lowest BCUT2D eigenvalue weighted by Crippen LogP contribution is -2.22. The van der Waals surface area contributed by atoms with Crippen LogP contribution in [0.5, 0.6) is 5.75 Å². The Bertz CT molecular complexity index is 1240. The van der Waals surface area contributed by atoms with Crippen LogP contribution in [0.4, 0.5) is 13.2 Å². The van der Waals surface area contributed by atoms with Gasteiger partial charge in [0.15, 0.2) is 0 Å². The van der Waals surface area contributed by atoms with Gasteiger partial charge in [-0.3, -0.25) is 0 Å². The van der Waals surface area contributed by atoms with Crippen LogP contribution in [0, 0.1) is 6.92 Å². The zero-order chi connectivity index (χ0) is 26.7. The summed E-state index contributed by atoms with van der Waals surface area (Å²) in [6.07, 6.45) is -3.33. The predicted molar refractivity (Wildman–Crippen MR) is 134 cm³/mol. The van der Waals surface area contributed by atoms with Gasteiger partial charge in [-0.1, -0.05) is 19.6 Å². The molecule has 7 nitrogen and oxygen atoms in total. The molecule has 0 atom stereocenters. The quantitative estimate of drug-likeness (QED) is 0.176. The summed E-state index contributed by atoms with van der Waals surface area (Å²) in [6.45, 7) is 12.9. The van der Waals surface area contributed by atoms with Gasteiger partial charge >= 0.3 is 12.1 Å². The summed E-state index contributed by atoms with van der Waals surface area (Å²) in [7, 11) is -1.35. The summed E-state index contributed by atoms with van der Waals surface area (Å²) < 4.78 is 59.4. The van der Waals surface area contributed by atoms with E-state index in [1.807, 2.05) is 0 Å². The number of benzene rings is 1. The van der Waals surface area contributed by atoms with Crippen LogP contribution in [-0.2, 0) is 22.4 Å². The predicted octanol–water partition coefficient (Wildman–Crippen LogP) is 6.31. The molecule has 0 saturated heterocycles.